The Morgan fingerprint density at radius 3 is 2.40 bits per heavy atom. The van der Waals surface area contributed by atoms with Crippen LogP contribution in [-0.2, 0) is 14.3 Å². The first-order valence-electron chi connectivity index (χ1n) is 12.5. The van der Waals surface area contributed by atoms with Crippen LogP contribution in [0.4, 0.5) is 0 Å². The van der Waals surface area contributed by atoms with Crippen molar-refractivity contribution in [3.63, 3.8) is 0 Å². The first-order valence-corrected chi connectivity index (χ1v) is 12.5. The van der Waals surface area contributed by atoms with Gasteiger partial charge in [0.1, 0.15) is 65.5 Å². The highest BCUT2D eigenvalue weighted by atomic mass is 35.5. The highest BCUT2D eigenvalue weighted by molar-refractivity contribution is 5.88. The Morgan fingerprint density at radius 2 is 1.70 bits per heavy atom. The summed E-state index contributed by atoms with van der Waals surface area (Å²) < 4.78 is 21.8. The number of unbranched alkanes of at least 4 members (excludes halogenated alkanes) is 2. The lowest BCUT2D eigenvalue weighted by atomic mass is 9.99. The Balaban J connectivity index is 0.00000441. The van der Waals surface area contributed by atoms with E-state index in [1.165, 1.54) is 36.6 Å². The van der Waals surface area contributed by atoms with Gasteiger partial charge in [0.2, 0.25) is 11.7 Å². The summed E-state index contributed by atoms with van der Waals surface area (Å²) in [5.41, 5.74) is 5.52. The van der Waals surface area contributed by atoms with Gasteiger partial charge in [0.25, 0.3) is 0 Å². The maximum absolute atomic E-state index is 12.9. The van der Waals surface area contributed by atoms with E-state index in [2.05, 4.69) is 0 Å². The van der Waals surface area contributed by atoms with E-state index in [0.717, 1.165) is 18.9 Å². The van der Waals surface area contributed by atoms with Crippen LogP contribution in [0.3, 0.4) is 0 Å². The van der Waals surface area contributed by atoms with E-state index in [1.54, 1.807) is 0 Å². The molecule has 1 fully saturated rings. The molecule has 1 aliphatic heterocycles. The molecule has 3 aromatic rings. The number of esters is 1. The Hall–Kier alpha value is -3.39. The maximum atomic E-state index is 12.9. The molecule has 1 aliphatic rings. The van der Waals surface area contributed by atoms with Crippen molar-refractivity contribution in [2.24, 2.45) is 5.73 Å². The molecule has 5 unspecified atom stereocenters. The molecule has 2 heterocycles. The fraction of sp³-hybridized carbons (Fsp3) is 0.407. The average Bonchev–Trinajstić information content (AvgIpc) is 2.91. The maximum Gasteiger partial charge on any atom is 0.305 e. The van der Waals surface area contributed by atoms with Gasteiger partial charge in [-0.25, -0.2) is 0 Å². The fourth-order valence-electron chi connectivity index (χ4n) is 4.25. The molecule has 0 bridgehead atoms. The zero-order chi connectivity index (χ0) is 28.1. The van der Waals surface area contributed by atoms with Gasteiger partial charge in [-0.1, -0.05) is 18.6 Å². The van der Waals surface area contributed by atoms with Crippen molar-refractivity contribution in [1.82, 2.24) is 0 Å². The van der Waals surface area contributed by atoms with Crippen LogP contribution in [0.15, 0.2) is 51.9 Å². The lowest BCUT2D eigenvalue weighted by Crippen LogP contribution is -2.60. The zero-order valence-corrected chi connectivity index (χ0v) is 22.2. The van der Waals surface area contributed by atoms with Crippen molar-refractivity contribution in [3.05, 3.63) is 52.9 Å². The molecule has 5 atom stereocenters. The molecule has 1 aromatic heterocycles. The van der Waals surface area contributed by atoms with Gasteiger partial charge < -0.3 is 49.9 Å². The summed E-state index contributed by atoms with van der Waals surface area (Å²) >= 11 is 0. The third-order valence-electron chi connectivity index (χ3n) is 6.42. The average molecular weight is 582 g/mol. The number of phenolic OH excluding ortho intramolecular Hbond substituents is 2. The van der Waals surface area contributed by atoms with E-state index in [9.17, 15) is 35.1 Å². The first-order chi connectivity index (χ1) is 18.7. The number of nitrogens with two attached hydrogens (primary N) is 1. The molecule has 1 saturated heterocycles. The smallest absolute Gasteiger partial charge is 0.305 e. The molecule has 0 spiro atoms. The summed E-state index contributed by atoms with van der Waals surface area (Å²) in [5.74, 6) is -0.947. The highest BCUT2D eigenvalue weighted by Crippen LogP contribution is 2.31. The van der Waals surface area contributed by atoms with E-state index in [-0.39, 0.29) is 53.5 Å². The third kappa shape index (κ3) is 7.02. The number of aromatic hydroxyl groups is 2. The minimum Gasteiger partial charge on any atom is -0.508 e. The van der Waals surface area contributed by atoms with Gasteiger partial charge in [0, 0.05) is 18.6 Å². The Bertz CT molecular complexity index is 1350. The number of phenols is 2. The number of hydrogen-bond donors (Lipinski definition) is 6. The number of aliphatic hydroxyl groups is 3. The minimum atomic E-state index is -1.62. The number of halogens is 1. The highest BCUT2D eigenvalue weighted by Gasteiger charge is 2.45. The van der Waals surface area contributed by atoms with E-state index < -0.39 is 47.9 Å². The van der Waals surface area contributed by atoms with E-state index in [1.807, 2.05) is 0 Å². The fourth-order valence-corrected chi connectivity index (χ4v) is 4.25. The number of benzene rings is 2. The van der Waals surface area contributed by atoms with Gasteiger partial charge in [0.15, 0.2) is 0 Å². The molecule has 0 amide bonds. The zero-order valence-electron chi connectivity index (χ0n) is 21.3. The molecule has 13 heteroatoms. The van der Waals surface area contributed by atoms with Crippen molar-refractivity contribution in [1.29, 1.82) is 0 Å². The molecule has 0 aliphatic carbocycles. The third-order valence-corrected chi connectivity index (χ3v) is 6.42. The predicted molar refractivity (Wildman–Crippen MR) is 144 cm³/mol. The summed E-state index contributed by atoms with van der Waals surface area (Å²) in [6.07, 6.45) is -3.70. The van der Waals surface area contributed by atoms with Crippen LogP contribution < -0.4 is 15.9 Å². The topological polar surface area (TPSA) is 202 Å². The van der Waals surface area contributed by atoms with Gasteiger partial charge >= 0.3 is 5.97 Å². The van der Waals surface area contributed by atoms with Crippen molar-refractivity contribution < 1.29 is 49.0 Å². The number of hydrogen-bond acceptors (Lipinski definition) is 12. The number of aliphatic hydroxyl groups excluding tert-OH is 3. The summed E-state index contributed by atoms with van der Waals surface area (Å²) in [7, 11) is 0. The van der Waals surface area contributed by atoms with Crippen LogP contribution in [0.1, 0.15) is 25.7 Å². The SMILES string of the molecule is Cl.NCCCCCC(=O)OCC1OC(Oc2ccc(-c3coc4cc(O)cc(O)c4c3=O)cc2)C(O)C(O)C1O. The van der Waals surface area contributed by atoms with E-state index in [0.29, 0.717) is 18.5 Å². The largest absolute Gasteiger partial charge is 0.508 e. The van der Waals surface area contributed by atoms with Crippen molar-refractivity contribution >= 4 is 29.3 Å². The second-order valence-corrected chi connectivity index (χ2v) is 9.26. The van der Waals surface area contributed by atoms with E-state index >= 15 is 0 Å². The Kier molecular flexibility index (Phi) is 10.7. The molecule has 0 radical (unpaired) electrons. The molecule has 2 aromatic carbocycles. The summed E-state index contributed by atoms with van der Waals surface area (Å²) in [4.78, 5) is 24.9. The summed E-state index contributed by atoms with van der Waals surface area (Å²) in [6, 6.07) is 8.30. The molecule has 7 N–H and O–H groups in total. The lowest BCUT2D eigenvalue weighted by Gasteiger charge is -2.39. The van der Waals surface area contributed by atoms with Gasteiger partial charge in [-0.2, -0.15) is 0 Å². The number of ether oxygens (including phenoxy) is 3. The summed E-state index contributed by atoms with van der Waals surface area (Å²) in [6.45, 7) is 0.193. The number of carbonyl (C=O) groups is 1. The number of fused-ring (bicyclic) bond motifs is 1. The van der Waals surface area contributed by atoms with Crippen molar-refractivity contribution in [3.8, 4) is 28.4 Å². The molecule has 12 nitrogen and oxygen atoms in total. The second-order valence-electron chi connectivity index (χ2n) is 9.26. The van der Waals surface area contributed by atoms with Crippen molar-refractivity contribution in [2.45, 2.75) is 56.4 Å². The quantitative estimate of drug-likeness (QED) is 0.149. The van der Waals surface area contributed by atoms with Gasteiger partial charge in [-0.3, -0.25) is 9.59 Å². The predicted octanol–water partition coefficient (Wildman–Crippen LogP) is 1.54. The lowest BCUT2D eigenvalue weighted by molar-refractivity contribution is -0.278. The molecule has 40 heavy (non-hydrogen) atoms. The normalized spacial score (nSPS) is 22.4. The summed E-state index contributed by atoms with van der Waals surface area (Å²) in [5, 5.41) is 50.6. The van der Waals surface area contributed by atoms with Crippen LogP contribution in [0, 0.1) is 0 Å². The first kappa shape index (κ1) is 31.1. The molecule has 0 saturated carbocycles. The Morgan fingerprint density at radius 1 is 0.975 bits per heavy atom. The van der Waals surface area contributed by atoms with Crippen LogP contribution in [0.2, 0.25) is 0 Å². The van der Waals surface area contributed by atoms with Crippen LogP contribution in [-0.4, -0.2) is 75.4 Å². The molecular weight excluding hydrogens is 550 g/mol. The van der Waals surface area contributed by atoms with Gasteiger partial charge in [0.05, 0.1) is 5.56 Å². The van der Waals surface area contributed by atoms with E-state index in [4.69, 9.17) is 24.4 Å². The molecular formula is C27H32ClNO11. The van der Waals surface area contributed by atoms with Crippen LogP contribution in [0.25, 0.3) is 22.1 Å². The Labute approximate surface area is 234 Å². The molecule has 4 rings (SSSR count). The monoisotopic (exact) mass is 581 g/mol. The number of carbonyl (C=O) groups excluding carboxylic acids is 1. The molecule has 218 valence electrons. The minimum absolute atomic E-state index is 0. The second kappa shape index (κ2) is 13.8. The van der Waals surface area contributed by atoms with Crippen LogP contribution in [0.5, 0.6) is 17.2 Å². The van der Waals surface area contributed by atoms with Crippen LogP contribution >= 0.6 is 12.4 Å². The van der Waals surface area contributed by atoms with Crippen molar-refractivity contribution in [2.75, 3.05) is 13.2 Å². The standard InChI is InChI=1S/C27H31NO11.ClH/c28-9-3-1-2-4-21(31)37-13-20-24(33)25(34)26(35)27(39-20)38-16-7-5-14(6-8-16)17-12-36-19-11-15(29)10-18(30)22(19)23(17)32;/h5-8,10-12,20,24-27,29-30,33-35H,1-4,9,13,28H2;1H. The number of rotatable bonds is 10. The van der Waals surface area contributed by atoms with Gasteiger partial charge in [-0.15, -0.1) is 12.4 Å². The van der Waals surface area contributed by atoms with Gasteiger partial charge in [-0.05, 0) is 37.1 Å².